The number of halogens is 1. The number of thiophene rings is 1. The van der Waals surface area contributed by atoms with E-state index in [2.05, 4.69) is 32.2 Å². The molecule has 1 aromatic heterocycles. The van der Waals surface area contributed by atoms with Crippen LogP contribution >= 0.6 is 22.9 Å². The molecule has 15 heavy (non-hydrogen) atoms. The molecule has 1 aromatic rings. The van der Waals surface area contributed by atoms with Crippen molar-refractivity contribution >= 4 is 22.9 Å². The average molecular weight is 244 g/mol. The predicted octanol–water partition coefficient (Wildman–Crippen LogP) is 4.41. The molecule has 0 saturated carbocycles. The lowest BCUT2D eigenvalue weighted by atomic mass is 10.1. The van der Waals surface area contributed by atoms with E-state index < -0.39 is 0 Å². The largest absolute Gasteiger partial charge is 0.306 e. The summed E-state index contributed by atoms with van der Waals surface area (Å²) in [4.78, 5) is 1.21. The van der Waals surface area contributed by atoms with Crippen molar-refractivity contribution in [2.24, 2.45) is 0 Å². The highest BCUT2D eigenvalue weighted by molar-refractivity contribution is 7.10. The first kappa shape index (κ1) is 12.8. The molecule has 1 unspecified atom stereocenters. The Labute approximate surface area is 101 Å². The van der Waals surface area contributed by atoms with Crippen LogP contribution in [0.4, 0.5) is 0 Å². The normalized spacial score (nSPS) is 12.5. The van der Waals surface area contributed by atoms with Gasteiger partial charge in [-0.15, -0.1) is 11.3 Å². The topological polar surface area (TPSA) is 12.0 Å². The van der Waals surface area contributed by atoms with Crippen molar-refractivity contribution in [2.45, 2.75) is 33.2 Å². The minimum absolute atomic E-state index is 0.266. The van der Waals surface area contributed by atoms with Crippen LogP contribution in [0.5, 0.6) is 0 Å². The number of hydrogen-bond donors (Lipinski definition) is 1. The van der Waals surface area contributed by atoms with E-state index in [4.69, 9.17) is 11.6 Å². The minimum Gasteiger partial charge on any atom is -0.306 e. The Bertz CT molecular complexity index is 326. The lowest BCUT2D eigenvalue weighted by Crippen LogP contribution is -2.20. The molecule has 1 nitrogen and oxygen atoms in total. The quantitative estimate of drug-likeness (QED) is 0.756. The Morgan fingerprint density at radius 2 is 2.33 bits per heavy atom. The summed E-state index contributed by atoms with van der Waals surface area (Å²) in [6.07, 6.45) is 3.36. The first-order valence-electron chi connectivity index (χ1n) is 5.26. The number of nitrogens with one attached hydrogen (secondary N) is 1. The van der Waals surface area contributed by atoms with Gasteiger partial charge in [0.15, 0.2) is 0 Å². The smallest absolute Gasteiger partial charge is 0.0618 e. The van der Waals surface area contributed by atoms with Crippen molar-refractivity contribution in [1.29, 1.82) is 0 Å². The first-order chi connectivity index (χ1) is 7.15. The summed E-state index contributed by atoms with van der Waals surface area (Å²) in [7, 11) is 0. The van der Waals surface area contributed by atoms with Crippen LogP contribution in [0.15, 0.2) is 23.1 Å². The first-order valence-corrected chi connectivity index (χ1v) is 6.52. The Kier molecular flexibility index (Phi) is 5.37. The van der Waals surface area contributed by atoms with Crippen LogP contribution < -0.4 is 5.32 Å². The van der Waals surface area contributed by atoms with E-state index in [1.54, 1.807) is 11.3 Å². The van der Waals surface area contributed by atoms with Crippen molar-refractivity contribution in [3.05, 3.63) is 33.0 Å². The number of allylic oxidation sites excluding steroid dienone is 1. The van der Waals surface area contributed by atoms with Crippen LogP contribution in [0, 0.1) is 0 Å². The van der Waals surface area contributed by atoms with Crippen LogP contribution in [0.1, 0.15) is 38.1 Å². The van der Waals surface area contributed by atoms with Gasteiger partial charge in [0, 0.05) is 4.88 Å². The molecule has 0 aliphatic carbocycles. The van der Waals surface area contributed by atoms with Crippen molar-refractivity contribution in [2.75, 3.05) is 6.54 Å². The third-order valence-corrected chi connectivity index (χ3v) is 3.48. The molecule has 0 aliphatic heterocycles. The molecule has 0 aromatic carbocycles. The summed E-state index contributed by atoms with van der Waals surface area (Å²) in [6.45, 7) is 7.41. The van der Waals surface area contributed by atoms with E-state index in [-0.39, 0.29) is 6.04 Å². The molecule has 0 aliphatic rings. The maximum absolute atomic E-state index is 6.14. The highest BCUT2D eigenvalue weighted by Gasteiger charge is 2.12. The Morgan fingerprint density at radius 1 is 1.60 bits per heavy atom. The van der Waals surface area contributed by atoms with Crippen molar-refractivity contribution in [1.82, 2.24) is 5.32 Å². The lowest BCUT2D eigenvalue weighted by molar-refractivity contribution is 0.617. The fraction of sp³-hybridized carbons (Fsp3) is 0.500. The van der Waals surface area contributed by atoms with E-state index in [0.717, 1.165) is 18.0 Å². The standard InChI is InChI=1S/C12H18ClNS/c1-4-6-14-11(8-9(2)3)12-10(13)5-7-15-12/h5,7-8,11,14H,4,6H2,1-3H3. The molecule has 84 valence electrons. The Morgan fingerprint density at radius 3 is 2.80 bits per heavy atom. The molecular formula is C12H18ClNS. The summed E-state index contributed by atoms with van der Waals surface area (Å²) < 4.78 is 0. The van der Waals surface area contributed by atoms with Crippen LogP contribution in [0.2, 0.25) is 5.02 Å². The van der Waals surface area contributed by atoms with Gasteiger partial charge in [-0.25, -0.2) is 0 Å². The van der Waals surface area contributed by atoms with Crippen LogP contribution in [0.25, 0.3) is 0 Å². The maximum atomic E-state index is 6.14. The lowest BCUT2D eigenvalue weighted by Gasteiger charge is -2.14. The summed E-state index contributed by atoms with van der Waals surface area (Å²) in [5, 5.41) is 6.40. The van der Waals surface area contributed by atoms with Crippen molar-refractivity contribution in [3.63, 3.8) is 0 Å². The zero-order valence-electron chi connectivity index (χ0n) is 9.51. The van der Waals surface area contributed by atoms with Gasteiger partial charge < -0.3 is 5.32 Å². The van der Waals surface area contributed by atoms with Gasteiger partial charge in [0.05, 0.1) is 11.1 Å². The van der Waals surface area contributed by atoms with Crippen molar-refractivity contribution < 1.29 is 0 Å². The second kappa shape index (κ2) is 6.31. The second-order valence-corrected chi connectivity index (χ2v) is 5.16. The molecule has 1 N–H and O–H groups in total. The zero-order valence-corrected chi connectivity index (χ0v) is 11.1. The molecule has 0 bridgehead atoms. The molecular weight excluding hydrogens is 226 g/mol. The zero-order chi connectivity index (χ0) is 11.3. The van der Waals surface area contributed by atoms with Gasteiger partial charge in [-0.05, 0) is 38.3 Å². The maximum Gasteiger partial charge on any atom is 0.0618 e. The van der Waals surface area contributed by atoms with Crippen LogP contribution in [-0.2, 0) is 0 Å². The molecule has 0 radical (unpaired) electrons. The van der Waals surface area contributed by atoms with Crippen molar-refractivity contribution in [3.8, 4) is 0 Å². The molecule has 0 saturated heterocycles. The summed E-state index contributed by atoms with van der Waals surface area (Å²) in [5.41, 5.74) is 1.31. The highest BCUT2D eigenvalue weighted by atomic mass is 35.5. The summed E-state index contributed by atoms with van der Waals surface area (Å²) in [5.74, 6) is 0. The Balaban J connectivity index is 2.81. The van der Waals surface area contributed by atoms with Gasteiger partial charge in [0.2, 0.25) is 0 Å². The molecule has 0 spiro atoms. The van der Waals surface area contributed by atoms with E-state index >= 15 is 0 Å². The predicted molar refractivity (Wildman–Crippen MR) is 69.8 cm³/mol. The van der Waals surface area contributed by atoms with Crippen LogP contribution in [-0.4, -0.2) is 6.54 Å². The minimum atomic E-state index is 0.266. The monoisotopic (exact) mass is 243 g/mol. The molecule has 1 atom stereocenters. The number of hydrogen-bond acceptors (Lipinski definition) is 2. The summed E-state index contributed by atoms with van der Waals surface area (Å²) >= 11 is 7.85. The molecule has 3 heteroatoms. The average Bonchev–Trinajstić information content (AvgIpc) is 2.58. The van der Waals surface area contributed by atoms with E-state index in [0.29, 0.717) is 0 Å². The fourth-order valence-electron chi connectivity index (χ4n) is 1.39. The molecule has 1 heterocycles. The van der Waals surface area contributed by atoms with E-state index in [1.165, 1.54) is 10.5 Å². The van der Waals surface area contributed by atoms with Gasteiger partial charge in [0.1, 0.15) is 0 Å². The third kappa shape index (κ3) is 3.98. The Hall–Kier alpha value is -0.310. The fourth-order valence-corrected chi connectivity index (χ4v) is 2.61. The van der Waals surface area contributed by atoms with Crippen LogP contribution in [0.3, 0.4) is 0 Å². The third-order valence-electron chi connectivity index (χ3n) is 2.04. The summed E-state index contributed by atoms with van der Waals surface area (Å²) in [6, 6.07) is 2.23. The van der Waals surface area contributed by atoms with Gasteiger partial charge in [0.25, 0.3) is 0 Å². The van der Waals surface area contributed by atoms with Gasteiger partial charge in [-0.1, -0.05) is 30.2 Å². The highest BCUT2D eigenvalue weighted by Crippen LogP contribution is 2.30. The molecule has 1 rings (SSSR count). The van der Waals surface area contributed by atoms with Gasteiger partial charge in [-0.3, -0.25) is 0 Å². The van der Waals surface area contributed by atoms with E-state index in [1.807, 2.05) is 11.4 Å². The number of rotatable bonds is 5. The van der Waals surface area contributed by atoms with E-state index in [9.17, 15) is 0 Å². The van der Waals surface area contributed by atoms with Gasteiger partial charge in [-0.2, -0.15) is 0 Å². The SMILES string of the molecule is CCCNC(C=C(C)C)c1sccc1Cl. The van der Waals surface area contributed by atoms with Gasteiger partial charge >= 0.3 is 0 Å². The molecule has 0 fully saturated rings. The molecule has 0 amide bonds. The second-order valence-electron chi connectivity index (χ2n) is 3.81.